The van der Waals surface area contributed by atoms with Crippen LogP contribution in [-0.4, -0.2) is 53.1 Å². The molecular formula is C13H24N2O3S. The predicted molar refractivity (Wildman–Crippen MR) is 77.6 cm³/mol. The molecule has 0 bridgehead atoms. The first-order valence-electron chi connectivity index (χ1n) is 6.92. The molecule has 1 aliphatic rings. The number of nitrogens with zero attached hydrogens (tertiary/aromatic N) is 1. The normalized spacial score (nSPS) is 18.3. The second kappa shape index (κ2) is 9.07. The molecule has 19 heavy (non-hydrogen) atoms. The molecule has 6 heteroatoms. The molecule has 2 N–H and O–H groups in total. The minimum absolute atomic E-state index is 0.226. The molecule has 0 aromatic carbocycles. The quantitative estimate of drug-likeness (QED) is 0.813. The average molecular weight is 288 g/mol. The highest BCUT2D eigenvalue weighted by Crippen LogP contribution is 2.11. The van der Waals surface area contributed by atoms with Crippen LogP contribution in [0.2, 0.25) is 0 Å². The second-order valence-corrected chi connectivity index (χ2v) is 5.86. The van der Waals surface area contributed by atoms with Crippen LogP contribution in [0.4, 0.5) is 4.79 Å². The van der Waals surface area contributed by atoms with Gasteiger partial charge in [0.15, 0.2) is 0 Å². The van der Waals surface area contributed by atoms with Crippen molar-refractivity contribution in [3.05, 3.63) is 0 Å². The van der Waals surface area contributed by atoms with Gasteiger partial charge in [-0.05, 0) is 31.3 Å². The molecule has 0 aromatic heterocycles. The molecule has 5 nitrogen and oxygen atoms in total. The Morgan fingerprint density at radius 3 is 2.32 bits per heavy atom. The molecular weight excluding hydrogens is 264 g/mol. The molecule has 110 valence electrons. The SMILES string of the molecule is CSCCC(NC(=O)N1CCCCCCC1)C(=O)O. The van der Waals surface area contributed by atoms with Gasteiger partial charge >= 0.3 is 12.0 Å². The Kier molecular flexibility index (Phi) is 7.70. The number of aliphatic carboxylic acids is 1. The van der Waals surface area contributed by atoms with Crippen molar-refractivity contribution in [2.45, 2.75) is 44.6 Å². The van der Waals surface area contributed by atoms with E-state index in [0.29, 0.717) is 6.42 Å². The monoisotopic (exact) mass is 288 g/mol. The smallest absolute Gasteiger partial charge is 0.326 e. The van der Waals surface area contributed by atoms with Gasteiger partial charge < -0.3 is 15.3 Å². The lowest BCUT2D eigenvalue weighted by atomic mass is 10.1. The first-order valence-corrected chi connectivity index (χ1v) is 8.31. The maximum atomic E-state index is 12.1. The molecule has 1 fully saturated rings. The van der Waals surface area contributed by atoms with Crippen LogP contribution in [0.5, 0.6) is 0 Å². The first kappa shape index (κ1) is 16.1. The van der Waals surface area contributed by atoms with E-state index >= 15 is 0 Å². The maximum Gasteiger partial charge on any atom is 0.326 e. The number of likely N-dealkylation sites (tertiary alicyclic amines) is 1. The van der Waals surface area contributed by atoms with Crippen molar-refractivity contribution in [2.75, 3.05) is 25.1 Å². The van der Waals surface area contributed by atoms with Crippen molar-refractivity contribution >= 4 is 23.8 Å². The topological polar surface area (TPSA) is 69.6 Å². The standard InChI is InChI=1S/C13H24N2O3S/c1-19-10-7-11(12(16)17)14-13(18)15-8-5-3-2-4-6-9-15/h11H,2-10H2,1H3,(H,14,18)(H,16,17). The van der Waals surface area contributed by atoms with E-state index in [0.717, 1.165) is 44.5 Å². The summed E-state index contributed by atoms with van der Waals surface area (Å²) in [4.78, 5) is 24.9. The van der Waals surface area contributed by atoms with Gasteiger partial charge in [-0.25, -0.2) is 9.59 Å². The second-order valence-electron chi connectivity index (χ2n) is 4.88. The molecule has 0 aromatic rings. The molecule has 0 saturated carbocycles. The summed E-state index contributed by atoms with van der Waals surface area (Å²) in [6.45, 7) is 1.47. The van der Waals surface area contributed by atoms with E-state index in [4.69, 9.17) is 5.11 Å². The van der Waals surface area contributed by atoms with Gasteiger partial charge in [0.25, 0.3) is 0 Å². The zero-order valence-electron chi connectivity index (χ0n) is 11.6. The third kappa shape index (κ3) is 6.18. The highest BCUT2D eigenvalue weighted by molar-refractivity contribution is 7.98. The molecule has 0 aliphatic carbocycles. The fraction of sp³-hybridized carbons (Fsp3) is 0.846. The van der Waals surface area contributed by atoms with Crippen LogP contribution in [0.3, 0.4) is 0 Å². The fourth-order valence-corrected chi connectivity index (χ4v) is 2.66. The summed E-state index contributed by atoms with van der Waals surface area (Å²) in [5.74, 6) is -0.216. The Morgan fingerprint density at radius 2 is 1.79 bits per heavy atom. The molecule has 0 spiro atoms. The highest BCUT2D eigenvalue weighted by atomic mass is 32.2. The van der Waals surface area contributed by atoms with Crippen LogP contribution in [0.25, 0.3) is 0 Å². The van der Waals surface area contributed by atoms with Crippen LogP contribution >= 0.6 is 11.8 Å². The third-order valence-corrected chi connectivity index (χ3v) is 3.99. The van der Waals surface area contributed by atoms with Gasteiger partial charge in [-0.2, -0.15) is 11.8 Å². The number of urea groups is 1. The summed E-state index contributed by atoms with van der Waals surface area (Å²) in [6, 6.07) is -0.999. The van der Waals surface area contributed by atoms with E-state index < -0.39 is 12.0 Å². The summed E-state index contributed by atoms with van der Waals surface area (Å²) in [5.41, 5.74) is 0. The van der Waals surface area contributed by atoms with Crippen LogP contribution in [0, 0.1) is 0 Å². The van der Waals surface area contributed by atoms with Gasteiger partial charge in [-0.1, -0.05) is 19.3 Å². The lowest BCUT2D eigenvalue weighted by Gasteiger charge is -2.26. The lowest BCUT2D eigenvalue weighted by Crippen LogP contribution is -2.49. The van der Waals surface area contributed by atoms with Gasteiger partial charge in [0, 0.05) is 13.1 Å². The molecule has 1 rings (SSSR count). The number of thioether (sulfide) groups is 1. The summed E-state index contributed by atoms with van der Waals surface area (Å²) < 4.78 is 0. The van der Waals surface area contributed by atoms with Crippen LogP contribution in [0.15, 0.2) is 0 Å². The summed E-state index contributed by atoms with van der Waals surface area (Å²) in [6.07, 6.45) is 7.96. The number of hydrogen-bond donors (Lipinski definition) is 2. The van der Waals surface area contributed by atoms with Gasteiger partial charge in [0.05, 0.1) is 0 Å². The molecule has 1 aliphatic heterocycles. The van der Waals surface area contributed by atoms with Crippen LogP contribution in [-0.2, 0) is 4.79 Å². The van der Waals surface area contributed by atoms with Crippen molar-refractivity contribution in [1.29, 1.82) is 0 Å². The number of carbonyl (C=O) groups is 2. The van der Waals surface area contributed by atoms with Gasteiger partial charge in [-0.15, -0.1) is 0 Å². The van der Waals surface area contributed by atoms with Gasteiger partial charge in [0.2, 0.25) is 0 Å². The van der Waals surface area contributed by atoms with E-state index in [1.165, 1.54) is 6.42 Å². The number of carbonyl (C=O) groups excluding carboxylic acids is 1. The molecule has 1 unspecified atom stereocenters. The number of carboxylic acids is 1. The van der Waals surface area contributed by atoms with Crippen molar-refractivity contribution in [1.82, 2.24) is 10.2 Å². The van der Waals surface area contributed by atoms with E-state index in [1.807, 2.05) is 6.26 Å². The fourth-order valence-electron chi connectivity index (χ4n) is 2.18. The minimum atomic E-state index is -0.950. The Bertz CT molecular complexity index is 292. The van der Waals surface area contributed by atoms with Crippen molar-refractivity contribution in [3.8, 4) is 0 Å². The number of nitrogens with one attached hydrogen (secondary N) is 1. The van der Waals surface area contributed by atoms with Crippen LogP contribution in [0.1, 0.15) is 38.5 Å². The van der Waals surface area contributed by atoms with Crippen molar-refractivity contribution < 1.29 is 14.7 Å². The molecule has 1 heterocycles. The Labute approximate surface area is 119 Å². The number of carboxylic acid groups (broad SMARTS) is 1. The molecule has 2 amide bonds. The number of rotatable bonds is 5. The van der Waals surface area contributed by atoms with Crippen molar-refractivity contribution in [3.63, 3.8) is 0 Å². The minimum Gasteiger partial charge on any atom is -0.480 e. The zero-order valence-corrected chi connectivity index (χ0v) is 12.4. The van der Waals surface area contributed by atoms with E-state index in [1.54, 1.807) is 16.7 Å². The Balaban J connectivity index is 2.46. The highest BCUT2D eigenvalue weighted by Gasteiger charge is 2.22. The largest absolute Gasteiger partial charge is 0.480 e. The summed E-state index contributed by atoms with van der Waals surface area (Å²) >= 11 is 1.59. The molecule has 0 radical (unpaired) electrons. The lowest BCUT2D eigenvalue weighted by molar-refractivity contribution is -0.139. The number of hydrogen-bond acceptors (Lipinski definition) is 3. The third-order valence-electron chi connectivity index (χ3n) is 3.35. The maximum absolute atomic E-state index is 12.1. The summed E-state index contributed by atoms with van der Waals surface area (Å²) in [7, 11) is 0. The van der Waals surface area contributed by atoms with Gasteiger partial charge in [-0.3, -0.25) is 0 Å². The van der Waals surface area contributed by atoms with E-state index in [-0.39, 0.29) is 6.03 Å². The Morgan fingerprint density at radius 1 is 1.21 bits per heavy atom. The van der Waals surface area contributed by atoms with Gasteiger partial charge in [0.1, 0.15) is 6.04 Å². The zero-order chi connectivity index (χ0) is 14.1. The predicted octanol–water partition coefficient (Wildman–Crippen LogP) is 2.17. The van der Waals surface area contributed by atoms with E-state index in [9.17, 15) is 9.59 Å². The summed E-state index contributed by atoms with van der Waals surface area (Å²) in [5, 5.41) is 11.7. The number of amides is 2. The molecule has 1 saturated heterocycles. The van der Waals surface area contributed by atoms with E-state index in [2.05, 4.69) is 5.32 Å². The Hall–Kier alpha value is -0.910. The molecule has 1 atom stereocenters. The first-order chi connectivity index (χ1) is 9.15. The van der Waals surface area contributed by atoms with Crippen molar-refractivity contribution in [2.24, 2.45) is 0 Å². The average Bonchev–Trinajstić information content (AvgIpc) is 2.33. The van der Waals surface area contributed by atoms with Crippen LogP contribution < -0.4 is 5.32 Å².